The Kier molecular flexibility index (Phi) is 7.15. The Morgan fingerprint density at radius 2 is 1.52 bits per heavy atom. The van der Waals surface area contributed by atoms with E-state index in [1.165, 1.54) is 11.3 Å². The molecule has 0 aliphatic heterocycles. The molecule has 0 N–H and O–H groups in total. The Morgan fingerprint density at radius 3 is 2.03 bits per heavy atom. The van der Waals surface area contributed by atoms with Gasteiger partial charge in [-0.25, -0.2) is 4.57 Å². The first-order chi connectivity index (χ1) is 14.9. The first-order valence-corrected chi connectivity index (χ1v) is 10.3. The van der Waals surface area contributed by atoms with Crippen LogP contribution in [0.1, 0.15) is 25.6 Å². The molecular formula is C23H24N3O4S+. The lowest BCUT2D eigenvalue weighted by Gasteiger charge is -2.02. The van der Waals surface area contributed by atoms with Crippen LogP contribution in [0.5, 0.6) is 11.5 Å². The highest BCUT2D eigenvalue weighted by molar-refractivity contribution is 7.17. The van der Waals surface area contributed by atoms with Crippen molar-refractivity contribution in [3.8, 4) is 11.5 Å². The number of hydrogen-bond acceptors (Lipinski definition) is 6. The number of aromatic nitrogens is 1. The van der Waals surface area contributed by atoms with E-state index in [1.807, 2.05) is 14.1 Å². The summed E-state index contributed by atoms with van der Waals surface area (Å²) < 4.78 is 12.0. The highest BCUT2D eigenvalue weighted by atomic mass is 32.1. The van der Waals surface area contributed by atoms with E-state index >= 15 is 0 Å². The van der Waals surface area contributed by atoms with Gasteiger partial charge in [-0.1, -0.05) is 0 Å². The number of ether oxygens (including phenoxy) is 2. The second-order valence-corrected chi connectivity index (χ2v) is 7.93. The summed E-state index contributed by atoms with van der Waals surface area (Å²) in [6.45, 7) is 0.0683. The Labute approximate surface area is 185 Å². The molecule has 1 aromatic heterocycles. The zero-order chi connectivity index (χ0) is 22.4. The molecule has 2 aromatic carbocycles. The number of hydrogen-bond donors (Lipinski definition) is 0. The molecule has 0 spiro atoms. The fourth-order valence-corrected chi connectivity index (χ4v) is 3.69. The summed E-state index contributed by atoms with van der Waals surface area (Å²) in [5.41, 5.74) is 1.10. The van der Waals surface area contributed by atoms with Gasteiger partial charge in [0.25, 0.3) is 0 Å². The number of methoxy groups -OCH3 is 2. The second-order valence-electron chi connectivity index (χ2n) is 6.92. The number of aliphatic imine (C=N–C) groups is 1. The molecule has 0 fully saturated rings. The topological polar surface area (TPSA) is 72.1 Å². The minimum Gasteiger partial charge on any atom is -0.497 e. The monoisotopic (exact) mass is 438 g/mol. The fourth-order valence-electron chi connectivity index (χ4n) is 2.77. The number of ketones is 2. The highest BCUT2D eigenvalue weighted by Crippen LogP contribution is 2.24. The first-order valence-electron chi connectivity index (χ1n) is 9.51. The molecule has 0 unspecified atom stereocenters. The molecule has 0 saturated carbocycles. The van der Waals surface area contributed by atoms with Gasteiger partial charge in [-0.3, -0.25) is 9.59 Å². The Bertz CT molecular complexity index is 1090. The molecule has 31 heavy (non-hydrogen) atoms. The lowest BCUT2D eigenvalue weighted by atomic mass is 10.1. The van der Waals surface area contributed by atoms with E-state index in [4.69, 9.17) is 9.47 Å². The van der Waals surface area contributed by atoms with Gasteiger partial charge in [-0.15, -0.1) is 0 Å². The van der Waals surface area contributed by atoms with E-state index in [1.54, 1.807) is 84.8 Å². The number of benzene rings is 2. The summed E-state index contributed by atoms with van der Waals surface area (Å²) in [6, 6.07) is 13.9. The third-order valence-corrected chi connectivity index (χ3v) is 5.45. The molecule has 0 amide bonds. The van der Waals surface area contributed by atoms with Crippen LogP contribution in [0.15, 0.2) is 59.7 Å². The maximum Gasteiger partial charge on any atom is 0.384 e. The number of carbonyl (C=O) groups is 2. The average Bonchev–Trinajstić information content (AvgIpc) is 3.19. The van der Waals surface area contributed by atoms with Crippen molar-refractivity contribution in [3.05, 3.63) is 70.7 Å². The molecule has 0 atom stereocenters. The fraction of sp³-hybridized carbons (Fsp3) is 0.217. The second kappa shape index (κ2) is 9.99. The molecule has 160 valence electrons. The van der Waals surface area contributed by atoms with Crippen LogP contribution in [0, 0.1) is 0 Å². The first kappa shape index (κ1) is 22.2. The quantitative estimate of drug-likeness (QED) is 0.222. The molecule has 8 heteroatoms. The van der Waals surface area contributed by atoms with Gasteiger partial charge in [0.1, 0.15) is 22.6 Å². The van der Waals surface area contributed by atoms with Crippen LogP contribution < -0.4 is 14.0 Å². The molecule has 3 rings (SSSR count). The summed E-state index contributed by atoms with van der Waals surface area (Å²) in [7, 11) is 6.86. The van der Waals surface area contributed by atoms with E-state index in [-0.39, 0.29) is 18.1 Å². The molecule has 0 aliphatic carbocycles. The normalized spacial score (nSPS) is 10.8. The summed E-state index contributed by atoms with van der Waals surface area (Å²) in [6.07, 6.45) is 3.32. The third kappa shape index (κ3) is 5.55. The van der Waals surface area contributed by atoms with Crippen molar-refractivity contribution in [1.82, 2.24) is 4.90 Å². The summed E-state index contributed by atoms with van der Waals surface area (Å²) in [4.78, 5) is 32.5. The van der Waals surface area contributed by atoms with Gasteiger partial charge in [-0.05, 0) is 64.9 Å². The Morgan fingerprint density at radius 1 is 0.968 bits per heavy atom. The van der Waals surface area contributed by atoms with E-state index < -0.39 is 0 Å². The van der Waals surface area contributed by atoms with Crippen LogP contribution in [0.4, 0.5) is 5.13 Å². The van der Waals surface area contributed by atoms with Gasteiger partial charge in [0, 0.05) is 25.2 Å². The number of carbonyl (C=O) groups excluding carboxylic acids is 2. The zero-order valence-electron chi connectivity index (χ0n) is 17.9. The Balaban J connectivity index is 1.89. The van der Waals surface area contributed by atoms with Crippen LogP contribution in [0.3, 0.4) is 0 Å². The van der Waals surface area contributed by atoms with Gasteiger partial charge in [0.2, 0.25) is 17.9 Å². The van der Waals surface area contributed by atoms with Crippen molar-refractivity contribution in [2.75, 3.05) is 28.3 Å². The zero-order valence-corrected chi connectivity index (χ0v) is 18.7. The predicted octanol–water partition coefficient (Wildman–Crippen LogP) is 3.39. The van der Waals surface area contributed by atoms with E-state index in [0.717, 1.165) is 0 Å². The van der Waals surface area contributed by atoms with Gasteiger partial charge >= 0.3 is 5.13 Å². The van der Waals surface area contributed by atoms with Crippen molar-refractivity contribution in [2.24, 2.45) is 4.99 Å². The van der Waals surface area contributed by atoms with Crippen molar-refractivity contribution in [1.29, 1.82) is 0 Å². The largest absolute Gasteiger partial charge is 0.497 e. The number of rotatable bonds is 9. The third-order valence-electron chi connectivity index (χ3n) is 4.42. The average molecular weight is 439 g/mol. The Hall–Kier alpha value is -3.52. The molecule has 0 saturated heterocycles. The van der Waals surface area contributed by atoms with Gasteiger partial charge < -0.3 is 14.4 Å². The summed E-state index contributed by atoms with van der Waals surface area (Å²) in [5, 5.41) is 0.562. The molecule has 0 bridgehead atoms. The molecular weight excluding hydrogens is 414 g/mol. The van der Waals surface area contributed by atoms with E-state index in [0.29, 0.717) is 32.6 Å². The standard InChI is InChI=1S/C23H24N3O4S/c1-25(2)15-24-23-26(13-20(27)16-5-9-18(29-3)10-6-16)14-21(31-23)22(28)17-7-11-19(30-4)12-8-17/h5-12,14-15H,13H2,1-4H3/q+1. The van der Waals surface area contributed by atoms with Gasteiger partial charge in [-0.2, -0.15) is 0 Å². The lowest BCUT2D eigenvalue weighted by molar-refractivity contribution is -0.666. The number of nitrogens with zero attached hydrogens (tertiary/aromatic N) is 3. The van der Waals surface area contributed by atoms with Crippen LogP contribution in [0.2, 0.25) is 0 Å². The van der Waals surface area contributed by atoms with Crippen molar-refractivity contribution in [2.45, 2.75) is 6.54 Å². The highest BCUT2D eigenvalue weighted by Gasteiger charge is 2.23. The van der Waals surface area contributed by atoms with E-state index in [9.17, 15) is 9.59 Å². The van der Waals surface area contributed by atoms with Gasteiger partial charge in [0.05, 0.1) is 14.2 Å². The SMILES string of the molecule is COc1ccc(C(=O)C[n+]2cc(C(=O)c3ccc(OC)cc3)sc2/N=C/N(C)C)cc1. The van der Waals surface area contributed by atoms with Crippen LogP contribution >= 0.6 is 11.3 Å². The van der Waals surface area contributed by atoms with Crippen molar-refractivity contribution >= 4 is 34.4 Å². The molecule has 1 heterocycles. The van der Waals surface area contributed by atoms with Crippen molar-refractivity contribution < 1.29 is 23.6 Å². The smallest absolute Gasteiger partial charge is 0.384 e. The molecule has 0 aliphatic rings. The number of Topliss-reactive ketones (excluding diaryl/α,β-unsaturated/α-hetero) is 1. The van der Waals surface area contributed by atoms with Crippen LogP contribution in [-0.2, 0) is 6.54 Å². The minimum absolute atomic E-state index is 0.0683. The van der Waals surface area contributed by atoms with Crippen molar-refractivity contribution in [3.63, 3.8) is 0 Å². The summed E-state index contributed by atoms with van der Waals surface area (Å²) >= 11 is 1.24. The molecule has 3 aromatic rings. The number of thiazole rings is 1. The summed E-state index contributed by atoms with van der Waals surface area (Å²) in [5.74, 6) is 1.14. The van der Waals surface area contributed by atoms with E-state index in [2.05, 4.69) is 4.99 Å². The lowest BCUT2D eigenvalue weighted by Crippen LogP contribution is -2.36. The van der Waals surface area contributed by atoms with Gasteiger partial charge in [0.15, 0.2) is 6.54 Å². The predicted molar refractivity (Wildman–Crippen MR) is 120 cm³/mol. The minimum atomic E-state index is -0.135. The molecule has 0 radical (unpaired) electrons. The maximum atomic E-state index is 13.0. The molecule has 7 nitrogen and oxygen atoms in total. The van der Waals surface area contributed by atoms with Crippen LogP contribution in [-0.4, -0.2) is 51.1 Å². The van der Waals surface area contributed by atoms with Crippen LogP contribution in [0.25, 0.3) is 0 Å². The maximum absolute atomic E-state index is 13.0.